The summed E-state index contributed by atoms with van der Waals surface area (Å²) in [6.07, 6.45) is 3.54. The van der Waals surface area contributed by atoms with Crippen molar-refractivity contribution >= 4 is 40.4 Å². The van der Waals surface area contributed by atoms with Gasteiger partial charge in [0, 0.05) is 29.7 Å². The number of hydrogen-bond acceptors (Lipinski definition) is 7. The molecule has 9 heteroatoms. The molecule has 3 heterocycles. The molecule has 2 aliphatic rings. The number of carbonyl (C=O) groups excluding carboxylic acids is 2. The standard InChI is InChI=1S/C23H21ClN4O3S/c1-14-20(22(30)31-2)21(16-6-3-7-17(24)9-16)28-18(13-32-23(28)27-14)10-19(29)26-12-15-5-4-8-25-11-15/h3-9,11,13,21H,10,12H2,1-2H3,(H,26,29)/t21-/m0/s1. The van der Waals surface area contributed by atoms with Crippen LogP contribution < -0.4 is 5.32 Å². The van der Waals surface area contributed by atoms with Gasteiger partial charge in [0.1, 0.15) is 0 Å². The van der Waals surface area contributed by atoms with Gasteiger partial charge >= 0.3 is 5.97 Å². The molecule has 1 atom stereocenters. The predicted octanol–water partition coefficient (Wildman–Crippen LogP) is 4.19. The van der Waals surface area contributed by atoms with Gasteiger partial charge in [-0.15, -0.1) is 0 Å². The van der Waals surface area contributed by atoms with Crippen LogP contribution in [0.3, 0.4) is 0 Å². The summed E-state index contributed by atoms with van der Waals surface area (Å²) >= 11 is 7.68. The van der Waals surface area contributed by atoms with Crippen molar-refractivity contribution in [2.75, 3.05) is 7.11 Å². The molecule has 1 amide bonds. The number of thioether (sulfide) groups is 1. The first-order valence-electron chi connectivity index (χ1n) is 9.91. The third-order valence-electron chi connectivity index (χ3n) is 5.12. The van der Waals surface area contributed by atoms with Crippen molar-refractivity contribution in [2.45, 2.75) is 25.9 Å². The number of carbonyl (C=O) groups is 2. The van der Waals surface area contributed by atoms with Gasteiger partial charge in [-0.3, -0.25) is 9.78 Å². The normalized spacial score (nSPS) is 17.5. The van der Waals surface area contributed by atoms with E-state index in [-0.39, 0.29) is 12.3 Å². The van der Waals surface area contributed by atoms with E-state index in [1.165, 1.54) is 18.9 Å². The second kappa shape index (κ2) is 9.58. The number of benzene rings is 1. The minimum absolute atomic E-state index is 0.136. The predicted molar refractivity (Wildman–Crippen MR) is 125 cm³/mol. The zero-order valence-corrected chi connectivity index (χ0v) is 19.1. The van der Waals surface area contributed by atoms with Gasteiger partial charge in [0.25, 0.3) is 0 Å². The molecule has 32 heavy (non-hydrogen) atoms. The van der Waals surface area contributed by atoms with Crippen LogP contribution >= 0.6 is 23.4 Å². The van der Waals surface area contributed by atoms with Gasteiger partial charge in [-0.2, -0.15) is 0 Å². The lowest BCUT2D eigenvalue weighted by molar-refractivity contribution is -0.136. The Morgan fingerprint density at radius 3 is 2.84 bits per heavy atom. The molecular formula is C23H21ClN4O3S. The first-order valence-corrected chi connectivity index (χ1v) is 11.2. The first-order chi connectivity index (χ1) is 15.5. The summed E-state index contributed by atoms with van der Waals surface area (Å²) < 4.78 is 5.06. The van der Waals surface area contributed by atoms with Crippen molar-refractivity contribution < 1.29 is 14.3 Å². The summed E-state index contributed by atoms with van der Waals surface area (Å²) in [5.41, 5.74) is 3.48. The number of aliphatic imine (C=N–C) groups is 1. The fourth-order valence-electron chi connectivity index (χ4n) is 3.66. The topological polar surface area (TPSA) is 83.9 Å². The fraction of sp³-hybridized carbons (Fsp3) is 0.217. The van der Waals surface area contributed by atoms with Crippen LogP contribution in [0.25, 0.3) is 0 Å². The molecule has 1 N–H and O–H groups in total. The lowest BCUT2D eigenvalue weighted by Gasteiger charge is -2.36. The zero-order chi connectivity index (χ0) is 22.7. The molecule has 7 nitrogen and oxygen atoms in total. The Bertz CT molecular complexity index is 1150. The molecule has 0 radical (unpaired) electrons. The second-order valence-electron chi connectivity index (χ2n) is 7.25. The van der Waals surface area contributed by atoms with Crippen LogP contribution in [-0.2, 0) is 20.9 Å². The first kappa shape index (κ1) is 22.1. The Balaban J connectivity index is 1.61. The molecule has 4 rings (SSSR count). The van der Waals surface area contributed by atoms with Crippen molar-refractivity contribution in [1.29, 1.82) is 0 Å². The average molecular weight is 469 g/mol. The van der Waals surface area contributed by atoms with Gasteiger partial charge in [-0.1, -0.05) is 41.6 Å². The quantitative estimate of drug-likeness (QED) is 0.640. The summed E-state index contributed by atoms with van der Waals surface area (Å²) in [5.74, 6) is -0.606. The number of nitrogens with zero attached hydrogens (tertiary/aromatic N) is 3. The molecule has 0 aliphatic carbocycles. The molecule has 0 saturated carbocycles. The van der Waals surface area contributed by atoms with Crippen molar-refractivity contribution in [3.8, 4) is 0 Å². The maximum absolute atomic E-state index is 12.7. The van der Waals surface area contributed by atoms with Gasteiger partial charge in [-0.05, 0) is 41.7 Å². The van der Waals surface area contributed by atoms with Crippen LogP contribution in [-0.4, -0.2) is 34.0 Å². The number of aromatic nitrogens is 1. The second-order valence-corrected chi connectivity index (χ2v) is 8.53. The molecule has 1 aromatic heterocycles. The lowest BCUT2D eigenvalue weighted by Crippen LogP contribution is -2.37. The van der Waals surface area contributed by atoms with Crippen molar-refractivity contribution in [3.63, 3.8) is 0 Å². The Hall–Kier alpha value is -3.10. The molecule has 2 aromatic rings. The molecule has 0 unspecified atom stereocenters. The Kier molecular flexibility index (Phi) is 6.62. The van der Waals surface area contributed by atoms with E-state index in [4.69, 9.17) is 16.3 Å². The van der Waals surface area contributed by atoms with Crippen LogP contribution in [0.4, 0.5) is 0 Å². The minimum Gasteiger partial charge on any atom is -0.466 e. The van der Waals surface area contributed by atoms with Crippen LogP contribution in [0.15, 0.2) is 76.2 Å². The van der Waals surface area contributed by atoms with E-state index in [2.05, 4.69) is 15.3 Å². The molecule has 0 bridgehead atoms. The van der Waals surface area contributed by atoms with E-state index in [1.807, 2.05) is 40.6 Å². The maximum atomic E-state index is 12.7. The van der Waals surface area contributed by atoms with Gasteiger partial charge < -0.3 is 15.0 Å². The minimum atomic E-state index is -0.499. The van der Waals surface area contributed by atoms with Crippen molar-refractivity contribution in [1.82, 2.24) is 15.2 Å². The third-order valence-corrected chi connectivity index (χ3v) is 6.25. The Labute approximate surface area is 195 Å². The number of amidine groups is 1. The molecule has 0 saturated heterocycles. The molecular weight excluding hydrogens is 448 g/mol. The fourth-order valence-corrected chi connectivity index (χ4v) is 4.83. The number of rotatable bonds is 6. The largest absolute Gasteiger partial charge is 0.466 e. The van der Waals surface area contributed by atoms with E-state index in [0.29, 0.717) is 28.0 Å². The number of hydrogen-bond donors (Lipinski definition) is 1. The van der Waals surface area contributed by atoms with Crippen LogP contribution in [0.2, 0.25) is 5.02 Å². The van der Waals surface area contributed by atoms with Crippen LogP contribution in [0, 0.1) is 0 Å². The number of halogens is 1. The smallest absolute Gasteiger partial charge is 0.338 e. The van der Waals surface area contributed by atoms with Gasteiger partial charge in [0.15, 0.2) is 5.17 Å². The number of esters is 1. The number of pyridine rings is 1. The zero-order valence-electron chi connectivity index (χ0n) is 17.5. The highest BCUT2D eigenvalue weighted by molar-refractivity contribution is 8.16. The Morgan fingerprint density at radius 2 is 2.12 bits per heavy atom. The third kappa shape index (κ3) is 4.56. The van der Waals surface area contributed by atoms with E-state index in [1.54, 1.807) is 25.4 Å². The summed E-state index contributed by atoms with van der Waals surface area (Å²) in [5, 5.41) is 6.07. The van der Waals surface area contributed by atoms with E-state index in [9.17, 15) is 9.59 Å². The van der Waals surface area contributed by atoms with Gasteiger partial charge in [0.05, 0.1) is 30.8 Å². The number of ether oxygens (including phenoxy) is 1. The highest BCUT2D eigenvalue weighted by Crippen LogP contribution is 2.45. The molecule has 0 spiro atoms. The van der Waals surface area contributed by atoms with E-state index >= 15 is 0 Å². The summed E-state index contributed by atoms with van der Waals surface area (Å²) in [4.78, 5) is 36.0. The maximum Gasteiger partial charge on any atom is 0.338 e. The molecule has 0 fully saturated rings. The number of fused-ring (bicyclic) bond motifs is 1. The molecule has 2 aliphatic heterocycles. The summed E-state index contributed by atoms with van der Waals surface area (Å²) in [6, 6.07) is 10.6. The lowest BCUT2D eigenvalue weighted by atomic mass is 9.94. The Morgan fingerprint density at radius 1 is 1.28 bits per heavy atom. The van der Waals surface area contributed by atoms with Crippen molar-refractivity contribution in [3.05, 3.63) is 87.3 Å². The van der Waals surface area contributed by atoms with E-state index in [0.717, 1.165) is 16.8 Å². The number of nitrogens with one attached hydrogen (secondary N) is 1. The molecule has 1 aromatic carbocycles. The van der Waals surface area contributed by atoms with Crippen molar-refractivity contribution in [2.24, 2.45) is 4.99 Å². The number of methoxy groups -OCH3 is 1. The summed E-state index contributed by atoms with van der Waals surface area (Å²) in [7, 11) is 1.35. The van der Waals surface area contributed by atoms with Crippen LogP contribution in [0.1, 0.15) is 30.5 Å². The van der Waals surface area contributed by atoms with Gasteiger partial charge in [-0.25, -0.2) is 9.79 Å². The monoisotopic (exact) mass is 468 g/mol. The van der Waals surface area contributed by atoms with E-state index < -0.39 is 12.0 Å². The van der Waals surface area contributed by atoms with Crippen LogP contribution in [0.5, 0.6) is 0 Å². The highest BCUT2D eigenvalue weighted by atomic mass is 35.5. The highest BCUT2D eigenvalue weighted by Gasteiger charge is 2.41. The SMILES string of the molecule is COC(=O)C1=C(C)N=C2SC=C(CC(=O)NCc3cccnc3)N2[C@H]1c1cccc(Cl)c1. The number of allylic oxidation sites excluding steroid dienone is 1. The van der Waals surface area contributed by atoms with Gasteiger partial charge in [0.2, 0.25) is 5.91 Å². The molecule has 164 valence electrons. The summed E-state index contributed by atoms with van der Waals surface area (Å²) in [6.45, 7) is 2.17. The number of amides is 1. The average Bonchev–Trinajstić information content (AvgIpc) is 3.18.